The summed E-state index contributed by atoms with van der Waals surface area (Å²) in [5.41, 5.74) is 4.18. The van der Waals surface area contributed by atoms with Gasteiger partial charge in [0.1, 0.15) is 11.6 Å². The van der Waals surface area contributed by atoms with Crippen molar-refractivity contribution in [3.8, 4) is 5.75 Å². The molecule has 21 heavy (non-hydrogen) atoms. The number of hydrazine groups is 1. The fourth-order valence-electron chi connectivity index (χ4n) is 3.02. The predicted octanol–water partition coefficient (Wildman–Crippen LogP) is 2.05. The van der Waals surface area contributed by atoms with Crippen LogP contribution in [0.1, 0.15) is 30.8 Å². The molecule has 5 heteroatoms. The summed E-state index contributed by atoms with van der Waals surface area (Å²) in [6, 6.07) is 8.20. The molecule has 1 aromatic carbocycles. The van der Waals surface area contributed by atoms with E-state index in [0.717, 1.165) is 31.0 Å². The van der Waals surface area contributed by atoms with Crippen molar-refractivity contribution >= 4 is 0 Å². The number of aromatic nitrogens is 2. The van der Waals surface area contributed by atoms with Crippen molar-refractivity contribution in [3.05, 3.63) is 48.0 Å². The van der Waals surface area contributed by atoms with Gasteiger partial charge in [-0.2, -0.15) is 0 Å². The zero-order chi connectivity index (χ0) is 14.7. The van der Waals surface area contributed by atoms with Gasteiger partial charge in [0, 0.05) is 24.9 Å². The Balaban J connectivity index is 1.83. The van der Waals surface area contributed by atoms with E-state index in [4.69, 9.17) is 10.6 Å². The molecule has 3 N–H and O–H groups in total. The van der Waals surface area contributed by atoms with Crippen molar-refractivity contribution in [3.63, 3.8) is 0 Å². The van der Waals surface area contributed by atoms with Gasteiger partial charge in [0.05, 0.1) is 12.6 Å². The van der Waals surface area contributed by atoms with Crippen LogP contribution in [0.2, 0.25) is 0 Å². The molecule has 2 unspecified atom stereocenters. The Morgan fingerprint density at radius 1 is 1.48 bits per heavy atom. The number of fused-ring (bicyclic) bond motifs is 1. The van der Waals surface area contributed by atoms with E-state index in [-0.39, 0.29) is 12.0 Å². The largest absolute Gasteiger partial charge is 0.493 e. The molecule has 112 valence electrons. The zero-order valence-electron chi connectivity index (χ0n) is 12.3. The Hall–Kier alpha value is -1.85. The second-order valence-electron chi connectivity index (χ2n) is 5.51. The average molecular weight is 286 g/mol. The summed E-state index contributed by atoms with van der Waals surface area (Å²) in [4.78, 5) is 4.50. The number of rotatable bonds is 5. The van der Waals surface area contributed by atoms with E-state index in [9.17, 15) is 0 Å². The van der Waals surface area contributed by atoms with Gasteiger partial charge in [-0.05, 0) is 24.5 Å². The van der Waals surface area contributed by atoms with Gasteiger partial charge in [-0.1, -0.05) is 25.1 Å². The third kappa shape index (κ3) is 2.80. The first-order valence-electron chi connectivity index (χ1n) is 7.51. The highest BCUT2D eigenvalue weighted by atomic mass is 16.5. The lowest BCUT2D eigenvalue weighted by atomic mass is 9.90. The summed E-state index contributed by atoms with van der Waals surface area (Å²) in [6.07, 6.45) is 5.88. The molecule has 0 saturated heterocycles. The topological polar surface area (TPSA) is 65.1 Å². The van der Waals surface area contributed by atoms with Crippen LogP contribution in [-0.2, 0) is 13.0 Å². The third-order valence-electron chi connectivity index (χ3n) is 4.05. The summed E-state index contributed by atoms with van der Waals surface area (Å²) >= 11 is 0. The second kappa shape index (κ2) is 6.28. The highest BCUT2D eigenvalue weighted by Crippen LogP contribution is 2.32. The van der Waals surface area contributed by atoms with E-state index in [2.05, 4.69) is 28.0 Å². The molecule has 0 spiro atoms. The fraction of sp³-hybridized carbons (Fsp3) is 0.438. The van der Waals surface area contributed by atoms with Gasteiger partial charge >= 0.3 is 0 Å². The molecule has 0 saturated carbocycles. The van der Waals surface area contributed by atoms with Gasteiger partial charge in [0.25, 0.3) is 0 Å². The van der Waals surface area contributed by atoms with Gasteiger partial charge in [0.2, 0.25) is 0 Å². The number of nitrogens with two attached hydrogens (primary N) is 1. The molecule has 0 radical (unpaired) electrons. The summed E-state index contributed by atoms with van der Waals surface area (Å²) < 4.78 is 8.06. The van der Waals surface area contributed by atoms with Crippen molar-refractivity contribution in [2.45, 2.75) is 32.4 Å². The Morgan fingerprint density at radius 3 is 3.14 bits per heavy atom. The molecule has 1 aromatic heterocycles. The van der Waals surface area contributed by atoms with Crippen molar-refractivity contribution < 1.29 is 4.74 Å². The number of imidazole rings is 1. The van der Waals surface area contributed by atoms with Crippen LogP contribution < -0.4 is 16.0 Å². The molecule has 0 aliphatic carbocycles. The second-order valence-corrected chi connectivity index (χ2v) is 5.51. The number of nitrogens with zero attached hydrogens (tertiary/aromatic N) is 2. The highest BCUT2D eigenvalue weighted by Gasteiger charge is 2.30. The minimum atomic E-state index is -0.0000869. The van der Waals surface area contributed by atoms with Crippen LogP contribution in [-0.4, -0.2) is 16.2 Å². The quantitative estimate of drug-likeness (QED) is 0.652. The number of aryl methyl sites for hydroxylation is 1. The summed E-state index contributed by atoms with van der Waals surface area (Å²) in [7, 11) is 0. The number of ether oxygens (including phenoxy) is 1. The van der Waals surface area contributed by atoms with E-state index in [1.807, 2.05) is 30.6 Å². The van der Waals surface area contributed by atoms with E-state index in [0.29, 0.717) is 6.61 Å². The Labute approximate surface area is 125 Å². The molecular weight excluding hydrogens is 264 g/mol. The molecule has 0 fully saturated rings. The maximum atomic E-state index is 5.88. The summed E-state index contributed by atoms with van der Waals surface area (Å²) in [5, 5.41) is 0. The van der Waals surface area contributed by atoms with Gasteiger partial charge in [-0.25, -0.2) is 10.4 Å². The van der Waals surface area contributed by atoms with Crippen LogP contribution in [0.4, 0.5) is 0 Å². The first-order valence-corrected chi connectivity index (χ1v) is 7.51. The molecule has 0 amide bonds. The van der Waals surface area contributed by atoms with Gasteiger partial charge in [0.15, 0.2) is 0 Å². The number of para-hydroxylation sites is 1. The average Bonchev–Trinajstić information content (AvgIpc) is 2.97. The van der Waals surface area contributed by atoms with Crippen molar-refractivity contribution in [2.75, 3.05) is 6.61 Å². The number of nitrogens with one attached hydrogen (secondary N) is 1. The van der Waals surface area contributed by atoms with Crippen LogP contribution in [0.15, 0.2) is 36.7 Å². The van der Waals surface area contributed by atoms with Gasteiger partial charge < -0.3 is 9.30 Å². The smallest absolute Gasteiger partial charge is 0.127 e. The van der Waals surface area contributed by atoms with Gasteiger partial charge in [-0.15, -0.1) is 0 Å². The van der Waals surface area contributed by atoms with E-state index >= 15 is 0 Å². The number of benzene rings is 1. The molecule has 0 bridgehead atoms. The maximum absolute atomic E-state index is 5.88. The molecule has 3 rings (SSSR count). The highest BCUT2D eigenvalue weighted by molar-refractivity contribution is 5.35. The molecule has 5 nitrogen and oxygen atoms in total. The lowest BCUT2D eigenvalue weighted by molar-refractivity contribution is 0.179. The molecule has 1 aliphatic heterocycles. The van der Waals surface area contributed by atoms with Crippen molar-refractivity contribution in [2.24, 2.45) is 11.8 Å². The Bertz CT molecular complexity index is 595. The van der Waals surface area contributed by atoms with Crippen LogP contribution in [0, 0.1) is 5.92 Å². The first kappa shape index (κ1) is 14.1. The summed E-state index contributed by atoms with van der Waals surface area (Å²) in [5.74, 6) is 8.08. The summed E-state index contributed by atoms with van der Waals surface area (Å²) in [6.45, 7) is 3.77. The Morgan fingerprint density at radius 2 is 2.33 bits per heavy atom. The molecule has 2 aromatic rings. The lowest BCUT2D eigenvalue weighted by Crippen LogP contribution is -2.40. The normalized spacial score (nSPS) is 18.9. The lowest BCUT2D eigenvalue weighted by Gasteiger charge is -2.31. The standard InChI is InChI=1S/C16H22N4O/c1-2-8-20-9-7-18-16(20)15(19-17)13-10-12-5-3-4-6-14(12)21-11-13/h3-7,9,13,15,19H,2,8,10-11,17H2,1H3. The number of hydrogen-bond donors (Lipinski definition) is 2. The van der Waals surface area contributed by atoms with E-state index in [1.165, 1.54) is 5.56 Å². The maximum Gasteiger partial charge on any atom is 0.127 e. The monoisotopic (exact) mass is 286 g/mol. The minimum absolute atomic E-state index is 0.0000869. The predicted molar refractivity (Wildman–Crippen MR) is 81.7 cm³/mol. The van der Waals surface area contributed by atoms with Crippen LogP contribution in [0.5, 0.6) is 5.75 Å². The molecule has 1 aliphatic rings. The van der Waals surface area contributed by atoms with Crippen LogP contribution >= 0.6 is 0 Å². The zero-order valence-corrected chi connectivity index (χ0v) is 12.3. The van der Waals surface area contributed by atoms with Gasteiger partial charge in [-0.3, -0.25) is 5.84 Å². The fourth-order valence-corrected chi connectivity index (χ4v) is 3.02. The van der Waals surface area contributed by atoms with Crippen molar-refractivity contribution in [1.29, 1.82) is 0 Å². The van der Waals surface area contributed by atoms with E-state index in [1.54, 1.807) is 0 Å². The van der Waals surface area contributed by atoms with Crippen LogP contribution in [0.3, 0.4) is 0 Å². The number of hydrogen-bond acceptors (Lipinski definition) is 4. The van der Waals surface area contributed by atoms with Crippen LogP contribution in [0.25, 0.3) is 0 Å². The minimum Gasteiger partial charge on any atom is -0.493 e. The third-order valence-corrected chi connectivity index (χ3v) is 4.05. The van der Waals surface area contributed by atoms with E-state index < -0.39 is 0 Å². The Kier molecular flexibility index (Phi) is 4.22. The molecule has 2 heterocycles. The van der Waals surface area contributed by atoms with Crippen molar-refractivity contribution in [1.82, 2.24) is 15.0 Å². The molecule has 2 atom stereocenters. The molecular formula is C16H22N4O. The first-order chi connectivity index (χ1) is 10.3. The SMILES string of the molecule is CCCn1ccnc1C(NN)C1COc2ccccc2C1.